The highest BCUT2D eigenvalue weighted by Gasteiger charge is 2.25. The number of amides is 1. The molecule has 0 radical (unpaired) electrons. The van der Waals surface area contributed by atoms with E-state index >= 15 is 0 Å². The van der Waals surface area contributed by atoms with Crippen LogP contribution in [0, 0.1) is 5.92 Å². The van der Waals surface area contributed by atoms with Crippen molar-refractivity contribution in [1.82, 2.24) is 4.90 Å². The Morgan fingerprint density at radius 3 is 2.60 bits per heavy atom. The molecule has 1 aliphatic carbocycles. The molecule has 0 bridgehead atoms. The van der Waals surface area contributed by atoms with Gasteiger partial charge in [-0.25, -0.2) is 0 Å². The lowest BCUT2D eigenvalue weighted by Crippen LogP contribution is -2.34. The molecule has 1 atom stereocenters. The maximum Gasteiger partial charge on any atom is 0.222 e. The number of carbonyl (C=O) groups is 1. The fourth-order valence-corrected chi connectivity index (χ4v) is 2.63. The molecule has 2 nitrogen and oxygen atoms in total. The minimum atomic E-state index is 0.284. The third-order valence-corrected chi connectivity index (χ3v) is 4.13. The SMILES string of the molecule is O=C(CC1CCC1)N1CCCC(Cl)CC1. The first-order valence-electron chi connectivity index (χ1n) is 6.17. The van der Waals surface area contributed by atoms with Gasteiger partial charge in [0.05, 0.1) is 0 Å². The second kappa shape index (κ2) is 5.20. The number of rotatable bonds is 2. The lowest BCUT2D eigenvalue weighted by atomic mass is 9.82. The van der Waals surface area contributed by atoms with Crippen molar-refractivity contribution in [3.8, 4) is 0 Å². The van der Waals surface area contributed by atoms with Gasteiger partial charge in [0.2, 0.25) is 5.91 Å². The topological polar surface area (TPSA) is 20.3 Å². The zero-order valence-corrected chi connectivity index (χ0v) is 10.0. The van der Waals surface area contributed by atoms with Crippen molar-refractivity contribution in [2.45, 2.75) is 50.3 Å². The molecule has 86 valence electrons. The van der Waals surface area contributed by atoms with Gasteiger partial charge in [-0.05, 0) is 38.0 Å². The average molecular weight is 230 g/mol. The van der Waals surface area contributed by atoms with Crippen LogP contribution >= 0.6 is 11.6 Å². The molecule has 1 aliphatic heterocycles. The van der Waals surface area contributed by atoms with E-state index in [1.54, 1.807) is 0 Å². The van der Waals surface area contributed by atoms with Crippen LogP contribution in [0.5, 0.6) is 0 Å². The third-order valence-electron chi connectivity index (χ3n) is 3.70. The Balaban J connectivity index is 1.77. The molecule has 1 saturated heterocycles. The molecule has 2 aliphatic rings. The largest absolute Gasteiger partial charge is 0.343 e. The predicted octanol–water partition coefficient (Wildman–Crippen LogP) is 2.80. The van der Waals surface area contributed by atoms with Gasteiger partial charge in [0.25, 0.3) is 0 Å². The van der Waals surface area contributed by atoms with E-state index in [0.29, 0.717) is 11.8 Å². The zero-order valence-electron chi connectivity index (χ0n) is 9.25. The fourth-order valence-electron chi connectivity index (χ4n) is 2.38. The third kappa shape index (κ3) is 3.10. The standard InChI is InChI=1S/C12H20ClNO/c13-11-5-2-7-14(8-6-11)12(15)9-10-3-1-4-10/h10-11H,1-9H2. The molecule has 2 rings (SSSR count). The van der Waals surface area contributed by atoms with E-state index in [9.17, 15) is 4.79 Å². The van der Waals surface area contributed by atoms with Crippen molar-refractivity contribution >= 4 is 17.5 Å². The molecule has 0 N–H and O–H groups in total. The summed E-state index contributed by atoms with van der Waals surface area (Å²) in [7, 11) is 0. The van der Waals surface area contributed by atoms with E-state index in [4.69, 9.17) is 11.6 Å². The fraction of sp³-hybridized carbons (Fsp3) is 0.917. The van der Waals surface area contributed by atoms with Crippen LogP contribution in [0.4, 0.5) is 0 Å². The first-order chi connectivity index (χ1) is 7.25. The van der Waals surface area contributed by atoms with E-state index in [0.717, 1.165) is 38.8 Å². The van der Waals surface area contributed by atoms with Crippen LogP contribution < -0.4 is 0 Å². The Bertz CT molecular complexity index is 228. The summed E-state index contributed by atoms with van der Waals surface area (Å²) in [5.41, 5.74) is 0. The normalized spacial score (nSPS) is 28.3. The van der Waals surface area contributed by atoms with E-state index in [-0.39, 0.29) is 5.38 Å². The number of carbonyl (C=O) groups excluding carboxylic acids is 1. The second-order valence-corrected chi connectivity index (χ2v) is 5.53. The van der Waals surface area contributed by atoms with Gasteiger partial charge >= 0.3 is 0 Å². The molecular weight excluding hydrogens is 210 g/mol. The number of alkyl halides is 1. The number of halogens is 1. The minimum Gasteiger partial charge on any atom is -0.343 e. The smallest absolute Gasteiger partial charge is 0.222 e. The maximum atomic E-state index is 11.9. The van der Waals surface area contributed by atoms with Crippen molar-refractivity contribution in [2.24, 2.45) is 5.92 Å². The van der Waals surface area contributed by atoms with E-state index in [1.165, 1.54) is 19.3 Å². The summed E-state index contributed by atoms with van der Waals surface area (Å²) in [6, 6.07) is 0. The molecular formula is C12H20ClNO. The van der Waals surface area contributed by atoms with E-state index in [1.807, 2.05) is 4.90 Å². The molecule has 3 heteroatoms. The lowest BCUT2D eigenvalue weighted by Gasteiger charge is -2.28. The summed E-state index contributed by atoms with van der Waals surface area (Å²) in [5, 5.41) is 0.284. The predicted molar refractivity (Wildman–Crippen MR) is 62.0 cm³/mol. The van der Waals surface area contributed by atoms with Crippen LogP contribution in [0.15, 0.2) is 0 Å². The van der Waals surface area contributed by atoms with Crippen molar-refractivity contribution in [2.75, 3.05) is 13.1 Å². The van der Waals surface area contributed by atoms with Crippen LogP contribution in [-0.2, 0) is 4.79 Å². The molecule has 1 amide bonds. The molecule has 1 unspecified atom stereocenters. The van der Waals surface area contributed by atoms with Crippen LogP contribution in [0.3, 0.4) is 0 Å². The highest BCUT2D eigenvalue weighted by Crippen LogP contribution is 2.30. The molecule has 0 aromatic rings. The first-order valence-corrected chi connectivity index (χ1v) is 6.61. The van der Waals surface area contributed by atoms with Crippen LogP contribution in [0.1, 0.15) is 44.9 Å². The summed E-state index contributed by atoms with van der Waals surface area (Å²) < 4.78 is 0. The lowest BCUT2D eigenvalue weighted by molar-refractivity contribution is -0.132. The Labute approximate surface area is 97.0 Å². The Morgan fingerprint density at radius 2 is 1.93 bits per heavy atom. The summed E-state index contributed by atoms with van der Waals surface area (Å²) in [5.74, 6) is 1.05. The van der Waals surface area contributed by atoms with Crippen LogP contribution in [-0.4, -0.2) is 29.3 Å². The maximum absolute atomic E-state index is 11.9. The second-order valence-electron chi connectivity index (χ2n) is 4.91. The molecule has 1 saturated carbocycles. The van der Waals surface area contributed by atoms with Crippen molar-refractivity contribution in [3.05, 3.63) is 0 Å². The number of likely N-dealkylation sites (tertiary alicyclic amines) is 1. The van der Waals surface area contributed by atoms with Gasteiger partial charge in [-0.15, -0.1) is 11.6 Å². The van der Waals surface area contributed by atoms with Crippen molar-refractivity contribution in [1.29, 1.82) is 0 Å². The highest BCUT2D eigenvalue weighted by molar-refractivity contribution is 6.20. The quantitative estimate of drug-likeness (QED) is 0.667. The molecule has 0 spiro atoms. The average Bonchev–Trinajstić information content (AvgIpc) is 2.36. The summed E-state index contributed by atoms with van der Waals surface area (Å²) >= 11 is 6.10. The summed E-state index contributed by atoms with van der Waals surface area (Å²) in [4.78, 5) is 14.0. The summed E-state index contributed by atoms with van der Waals surface area (Å²) in [6.07, 6.45) is 7.74. The zero-order chi connectivity index (χ0) is 10.7. The minimum absolute atomic E-state index is 0.284. The van der Waals surface area contributed by atoms with Gasteiger partial charge in [-0.3, -0.25) is 4.79 Å². The van der Waals surface area contributed by atoms with Gasteiger partial charge in [-0.2, -0.15) is 0 Å². The molecule has 1 heterocycles. The van der Waals surface area contributed by atoms with E-state index in [2.05, 4.69) is 0 Å². The van der Waals surface area contributed by atoms with E-state index < -0.39 is 0 Å². The van der Waals surface area contributed by atoms with Crippen molar-refractivity contribution in [3.63, 3.8) is 0 Å². The molecule has 0 aromatic carbocycles. The number of nitrogens with zero attached hydrogens (tertiary/aromatic N) is 1. The first kappa shape index (κ1) is 11.3. The van der Waals surface area contributed by atoms with Crippen LogP contribution in [0.25, 0.3) is 0 Å². The Kier molecular flexibility index (Phi) is 3.90. The summed E-state index contributed by atoms with van der Waals surface area (Å²) in [6.45, 7) is 1.80. The molecule has 15 heavy (non-hydrogen) atoms. The molecule has 2 fully saturated rings. The van der Waals surface area contributed by atoms with Gasteiger partial charge in [0.15, 0.2) is 0 Å². The highest BCUT2D eigenvalue weighted by atomic mass is 35.5. The number of hydrogen-bond acceptors (Lipinski definition) is 1. The van der Waals surface area contributed by atoms with Gasteiger partial charge in [0.1, 0.15) is 0 Å². The van der Waals surface area contributed by atoms with Gasteiger partial charge in [0, 0.05) is 24.9 Å². The monoisotopic (exact) mass is 229 g/mol. The van der Waals surface area contributed by atoms with Crippen LogP contribution in [0.2, 0.25) is 0 Å². The molecule has 0 aromatic heterocycles. The van der Waals surface area contributed by atoms with Gasteiger partial charge in [-0.1, -0.05) is 6.42 Å². The Hall–Kier alpha value is -0.240. The Morgan fingerprint density at radius 1 is 1.13 bits per heavy atom. The van der Waals surface area contributed by atoms with Gasteiger partial charge < -0.3 is 4.90 Å². The van der Waals surface area contributed by atoms with Crippen molar-refractivity contribution < 1.29 is 4.79 Å². The number of hydrogen-bond donors (Lipinski definition) is 0.